The number of nitrogens with zero attached hydrogens (tertiary/aromatic N) is 2. The van der Waals surface area contributed by atoms with Crippen LogP contribution in [0.1, 0.15) is 41.4 Å². The number of nitrogens with one attached hydrogen (secondary N) is 2. The fourth-order valence-corrected chi connectivity index (χ4v) is 3.88. The molecule has 0 aliphatic carbocycles. The van der Waals surface area contributed by atoms with E-state index in [-0.39, 0.29) is 11.6 Å². The Bertz CT molecular complexity index is 791. The molecule has 2 amide bonds. The first-order valence-electron chi connectivity index (χ1n) is 9.03. The number of carbonyl (C=O) groups excluding carboxylic acids is 1. The van der Waals surface area contributed by atoms with Crippen LogP contribution in [0.15, 0.2) is 29.6 Å². The van der Waals surface area contributed by atoms with Crippen LogP contribution in [0.2, 0.25) is 0 Å². The van der Waals surface area contributed by atoms with E-state index < -0.39 is 5.97 Å². The van der Waals surface area contributed by atoms with Gasteiger partial charge in [0, 0.05) is 25.0 Å². The van der Waals surface area contributed by atoms with Crippen molar-refractivity contribution in [2.24, 2.45) is 5.92 Å². The topological polar surface area (TPSA) is 94.6 Å². The van der Waals surface area contributed by atoms with Gasteiger partial charge in [-0.15, -0.1) is 11.3 Å². The molecule has 2 aromatic rings. The summed E-state index contributed by atoms with van der Waals surface area (Å²) < 4.78 is 0. The molecule has 0 bridgehead atoms. The lowest BCUT2D eigenvalue weighted by Crippen LogP contribution is -2.33. The van der Waals surface area contributed by atoms with Crippen LogP contribution >= 0.6 is 11.3 Å². The first-order valence-corrected chi connectivity index (χ1v) is 9.91. The van der Waals surface area contributed by atoms with Gasteiger partial charge < -0.3 is 10.4 Å². The van der Waals surface area contributed by atoms with Gasteiger partial charge in [-0.05, 0) is 43.0 Å². The second-order valence-electron chi connectivity index (χ2n) is 6.94. The summed E-state index contributed by atoms with van der Waals surface area (Å²) >= 11 is 1.42. The number of carboxylic acid groups (broad SMARTS) is 1. The van der Waals surface area contributed by atoms with Crippen molar-refractivity contribution in [2.45, 2.75) is 32.9 Å². The number of piperidine rings is 1. The van der Waals surface area contributed by atoms with Crippen molar-refractivity contribution in [3.05, 3.63) is 46.5 Å². The van der Waals surface area contributed by atoms with Crippen molar-refractivity contribution in [1.82, 2.24) is 15.2 Å². The number of hydrogen-bond acceptors (Lipinski definition) is 5. The van der Waals surface area contributed by atoms with E-state index in [1.54, 1.807) is 12.1 Å². The first-order chi connectivity index (χ1) is 13.0. The van der Waals surface area contributed by atoms with E-state index in [2.05, 4.69) is 27.4 Å². The number of anilines is 1. The first kappa shape index (κ1) is 19.3. The number of urea groups is 1. The fraction of sp³-hybridized carbons (Fsp3) is 0.421. The molecule has 3 rings (SSSR count). The summed E-state index contributed by atoms with van der Waals surface area (Å²) in [6, 6.07) is 6.08. The maximum absolute atomic E-state index is 12.0. The predicted octanol–water partition coefficient (Wildman–Crippen LogP) is 3.39. The molecule has 144 valence electrons. The second-order valence-corrected chi connectivity index (χ2v) is 7.79. The van der Waals surface area contributed by atoms with E-state index in [0.717, 1.165) is 36.8 Å². The zero-order valence-corrected chi connectivity index (χ0v) is 16.1. The Hall–Kier alpha value is -2.45. The van der Waals surface area contributed by atoms with Crippen LogP contribution in [-0.2, 0) is 13.1 Å². The highest BCUT2D eigenvalue weighted by molar-refractivity contribution is 7.13. The van der Waals surface area contributed by atoms with E-state index in [0.29, 0.717) is 11.7 Å². The van der Waals surface area contributed by atoms with Gasteiger partial charge in [0.25, 0.3) is 0 Å². The molecule has 1 atom stereocenters. The molecule has 1 aromatic heterocycles. The Morgan fingerprint density at radius 2 is 2.11 bits per heavy atom. The van der Waals surface area contributed by atoms with E-state index >= 15 is 0 Å². The number of hydrogen-bond donors (Lipinski definition) is 3. The Morgan fingerprint density at radius 3 is 2.81 bits per heavy atom. The van der Waals surface area contributed by atoms with Crippen LogP contribution in [0, 0.1) is 5.92 Å². The summed E-state index contributed by atoms with van der Waals surface area (Å²) in [6.07, 6.45) is 2.52. The summed E-state index contributed by atoms with van der Waals surface area (Å²) in [7, 11) is 0. The maximum Gasteiger partial charge on any atom is 0.335 e. The third-order valence-corrected chi connectivity index (χ3v) is 5.36. The largest absolute Gasteiger partial charge is 0.478 e. The lowest BCUT2D eigenvalue weighted by Gasteiger charge is -2.30. The molecular formula is C19H24N4O3S. The van der Waals surface area contributed by atoms with Crippen molar-refractivity contribution in [3.8, 4) is 0 Å². The zero-order chi connectivity index (χ0) is 19.2. The Kier molecular flexibility index (Phi) is 6.41. The molecule has 0 saturated carbocycles. The smallest absolute Gasteiger partial charge is 0.335 e. The van der Waals surface area contributed by atoms with E-state index in [1.165, 1.54) is 36.3 Å². The van der Waals surface area contributed by atoms with Gasteiger partial charge in [-0.2, -0.15) is 0 Å². The standard InChI is InChI=1S/C19H24N4O3S/c1-13-3-2-8-23(10-13)11-16-12-27-19(21-16)22-18(26)20-9-14-4-6-15(7-5-14)17(24)25/h4-7,12-13H,2-3,8-11H2,1H3,(H,24,25)(H2,20,21,22,26). The third kappa shape index (κ3) is 5.77. The molecule has 2 heterocycles. The van der Waals surface area contributed by atoms with Gasteiger partial charge in [0.1, 0.15) is 0 Å². The summed E-state index contributed by atoms with van der Waals surface area (Å²) in [4.78, 5) is 29.8. The molecule has 7 nitrogen and oxygen atoms in total. The Labute approximate surface area is 162 Å². The van der Waals surface area contributed by atoms with Crippen LogP contribution in [0.5, 0.6) is 0 Å². The number of aromatic nitrogens is 1. The normalized spacial score (nSPS) is 17.4. The molecule has 1 aromatic carbocycles. The lowest BCUT2D eigenvalue weighted by molar-refractivity contribution is 0.0697. The van der Waals surface area contributed by atoms with Crippen LogP contribution in [-0.4, -0.2) is 40.1 Å². The third-order valence-electron chi connectivity index (χ3n) is 4.55. The number of carboxylic acids is 1. The number of amides is 2. The minimum Gasteiger partial charge on any atom is -0.478 e. The number of aromatic carboxylic acids is 1. The van der Waals surface area contributed by atoms with E-state index in [4.69, 9.17) is 5.11 Å². The maximum atomic E-state index is 12.0. The van der Waals surface area contributed by atoms with Gasteiger partial charge in [-0.3, -0.25) is 10.2 Å². The highest BCUT2D eigenvalue weighted by Crippen LogP contribution is 2.20. The lowest BCUT2D eigenvalue weighted by atomic mass is 10.0. The average Bonchev–Trinajstić information content (AvgIpc) is 3.07. The molecule has 8 heteroatoms. The molecule has 1 aliphatic heterocycles. The number of rotatable bonds is 6. The number of benzene rings is 1. The minimum atomic E-state index is -0.967. The summed E-state index contributed by atoms with van der Waals surface area (Å²) in [5.74, 6) is -0.240. The number of carbonyl (C=O) groups is 2. The zero-order valence-electron chi connectivity index (χ0n) is 15.3. The van der Waals surface area contributed by atoms with Crippen molar-refractivity contribution >= 4 is 28.5 Å². The summed E-state index contributed by atoms with van der Waals surface area (Å²) in [6.45, 7) is 5.61. The fourth-order valence-electron chi connectivity index (χ4n) is 3.19. The van der Waals surface area contributed by atoms with Crippen LogP contribution in [0.25, 0.3) is 0 Å². The van der Waals surface area contributed by atoms with E-state index in [9.17, 15) is 9.59 Å². The number of thiazole rings is 1. The van der Waals surface area contributed by atoms with Gasteiger partial charge >= 0.3 is 12.0 Å². The summed E-state index contributed by atoms with van der Waals surface area (Å²) in [5, 5.41) is 17.0. The van der Waals surface area contributed by atoms with Crippen LogP contribution in [0.4, 0.5) is 9.93 Å². The van der Waals surface area contributed by atoms with E-state index in [1.807, 2.05) is 5.38 Å². The molecule has 1 saturated heterocycles. The average molecular weight is 388 g/mol. The van der Waals surface area contributed by atoms with Crippen molar-refractivity contribution in [2.75, 3.05) is 18.4 Å². The van der Waals surface area contributed by atoms with Gasteiger partial charge in [0.05, 0.1) is 11.3 Å². The van der Waals surface area contributed by atoms with Gasteiger partial charge in [-0.25, -0.2) is 14.6 Å². The molecule has 0 spiro atoms. The predicted molar refractivity (Wildman–Crippen MR) is 105 cm³/mol. The van der Waals surface area contributed by atoms with Crippen LogP contribution in [0.3, 0.4) is 0 Å². The highest BCUT2D eigenvalue weighted by Gasteiger charge is 2.17. The molecule has 0 radical (unpaired) electrons. The summed E-state index contributed by atoms with van der Waals surface area (Å²) in [5.41, 5.74) is 2.03. The number of likely N-dealkylation sites (tertiary alicyclic amines) is 1. The monoisotopic (exact) mass is 388 g/mol. The van der Waals surface area contributed by atoms with Gasteiger partial charge in [0.15, 0.2) is 5.13 Å². The molecule has 27 heavy (non-hydrogen) atoms. The highest BCUT2D eigenvalue weighted by atomic mass is 32.1. The van der Waals surface area contributed by atoms with Crippen molar-refractivity contribution in [3.63, 3.8) is 0 Å². The molecule has 1 fully saturated rings. The van der Waals surface area contributed by atoms with Crippen molar-refractivity contribution in [1.29, 1.82) is 0 Å². The molecule has 1 unspecified atom stereocenters. The quantitative estimate of drug-likeness (QED) is 0.705. The van der Waals surface area contributed by atoms with Crippen LogP contribution < -0.4 is 10.6 Å². The second kappa shape index (κ2) is 8.96. The minimum absolute atomic E-state index is 0.224. The van der Waals surface area contributed by atoms with Gasteiger partial charge in [0.2, 0.25) is 0 Å². The SMILES string of the molecule is CC1CCCN(Cc2csc(NC(=O)NCc3ccc(C(=O)O)cc3)n2)C1. The molecule has 3 N–H and O–H groups in total. The molecule has 1 aliphatic rings. The molecular weight excluding hydrogens is 364 g/mol. The Morgan fingerprint density at radius 1 is 1.33 bits per heavy atom. The van der Waals surface area contributed by atoms with Gasteiger partial charge in [-0.1, -0.05) is 19.1 Å². The Balaban J connectivity index is 1.45. The van der Waals surface area contributed by atoms with Crippen molar-refractivity contribution < 1.29 is 14.7 Å².